The van der Waals surface area contributed by atoms with Crippen LogP contribution in [0.4, 0.5) is 17.5 Å². The van der Waals surface area contributed by atoms with Crippen molar-refractivity contribution in [1.82, 2.24) is 15.3 Å². The molecule has 0 radical (unpaired) electrons. The minimum absolute atomic E-state index is 0.0754. The van der Waals surface area contributed by atoms with E-state index in [1.807, 2.05) is 43.3 Å². The number of ether oxygens (including phenoxy) is 1. The molecule has 0 aliphatic heterocycles. The Labute approximate surface area is 198 Å². The zero-order valence-electron chi connectivity index (χ0n) is 19.1. The number of fused-ring (bicyclic) bond motifs is 1. The fraction of sp³-hybridized carbons (Fsp3) is 0.375. The van der Waals surface area contributed by atoms with Crippen LogP contribution in [0.5, 0.6) is 5.75 Å². The van der Waals surface area contributed by atoms with E-state index in [4.69, 9.17) is 32.0 Å². The molecule has 1 heterocycles. The first-order valence-corrected chi connectivity index (χ1v) is 11.4. The Balaban J connectivity index is 1.39. The summed E-state index contributed by atoms with van der Waals surface area (Å²) in [5, 5.41) is 7.96. The van der Waals surface area contributed by atoms with Crippen LogP contribution in [0.2, 0.25) is 5.02 Å². The van der Waals surface area contributed by atoms with Crippen molar-refractivity contribution < 1.29 is 9.53 Å². The summed E-state index contributed by atoms with van der Waals surface area (Å²) in [6.07, 6.45) is 3.50. The van der Waals surface area contributed by atoms with Crippen LogP contribution >= 0.6 is 11.6 Å². The fourth-order valence-corrected chi connectivity index (χ4v) is 4.37. The van der Waals surface area contributed by atoms with Gasteiger partial charge in [0.1, 0.15) is 11.6 Å². The highest BCUT2D eigenvalue weighted by atomic mass is 35.5. The van der Waals surface area contributed by atoms with Gasteiger partial charge >= 0.3 is 0 Å². The zero-order chi connectivity index (χ0) is 23.5. The molecule has 1 amide bonds. The van der Waals surface area contributed by atoms with E-state index in [2.05, 4.69) is 10.6 Å². The van der Waals surface area contributed by atoms with Gasteiger partial charge in [0.05, 0.1) is 28.9 Å². The first-order chi connectivity index (χ1) is 15.9. The van der Waals surface area contributed by atoms with Gasteiger partial charge < -0.3 is 26.0 Å². The first kappa shape index (κ1) is 22.9. The largest absolute Gasteiger partial charge is 0.496 e. The molecule has 0 atom stereocenters. The van der Waals surface area contributed by atoms with Crippen LogP contribution in [-0.2, 0) is 0 Å². The topological polar surface area (TPSA) is 105 Å². The van der Waals surface area contributed by atoms with E-state index in [9.17, 15) is 4.79 Å². The Morgan fingerprint density at radius 3 is 2.52 bits per heavy atom. The number of aromatic nitrogens is 2. The Kier molecular flexibility index (Phi) is 6.74. The van der Waals surface area contributed by atoms with Crippen molar-refractivity contribution in [2.45, 2.75) is 37.8 Å². The Morgan fingerprint density at radius 1 is 1.12 bits per heavy atom. The van der Waals surface area contributed by atoms with Crippen LogP contribution in [0.15, 0.2) is 36.4 Å². The minimum atomic E-state index is -0.210. The van der Waals surface area contributed by atoms with E-state index in [0.717, 1.165) is 42.4 Å². The van der Waals surface area contributed by atoms with Gasteiger partial charge in [0.15, 0.2) is 0 Å². The second kappa shape index (κ2) is 9.70. The Morgan fingerprint density at radius 2 is 1.82 bits per heavy atom. The van der Waals surface area contributed by atoms with E-state index in [-0.39, 0.29) is 18.0 Å². The molecule has 33 heavy (non-hydrogen) atoms. The molecular weight excluding hydrogens is 440 g/mol. The van der Waals surface area contributed by atoms with Crippen molar-refractivity contribution in [1.29, 1.82) is 0 Å². The number of hydrogen-bond acceptors (Lipinski definition) is 7. The van der Waals surface area contributed by atoms with Gasteiger partial charge in [-0.2, -0.15) is 4.98 Å². The molecule has 1 aliphatic rings. The van der Waals surface area contributed by atoms with Gasteiger partial charge in [0.25, 0.3) is 5.91 Å². The molecule has 174 valence electrons. The van der Waals surface area contributed by atoms with Gasteiger partial charge in [-0.05, 0) is 43.9 Å². The molecule has 0 saturated heterocycles. The summed E-state index contributed by atoms with van der Waals surface area (Å²) in [6, 6.07) is 11.5. The van der Waals surface area contributed by atoms with Crippen molar-refractivity contribution in [2.24, 2.45) is 0 Å². The predicted octanol–water partition coefficient (Wildman–Crippen LogP) is 4.09. The molecule has 1 saturated carbocycles. The summed E-state index contributed by atoms with van der Waals surface area (Å²) < 4.78 is 5.31. The van der Waals surface area contributed by atoms with Crippen LogP contribution in [0.25, 0.3) is 10.9 Å². The quantitative estimate of drug-likeness (QED) is 0.468. The lowest BCUT2D eigenvalue weighted by Crippen LogP contribution is -2.40. The van der Waals surface area contributed by atoms with E-state index in [1.165, 1.54) is 7.11 Å². The summed E-state index contributed by atoms with van der Waals surface area (Å²) in [4.78, 5) is 24.3. The molecule has 3 aromatic rings. The van der Waals surface area contributed by atoms with Crippen molar-refractivity contribution in [3.8, 4) is 5.75 Å². The lowest BCUT2D eigenvalue weighted by atomic mass is 9.91. The molecule has 0 bridgehead atoms. The molecule has 1 aliphatic carbocycles. The van der Waals surface area contributed by atoms with Crippen molar-refractivity contribution in [2.75, 3.05) is 37.2 Å². The van der Waals surface area contributed by atoms with Gasteiger partial charge in [0, 0.05) is 37.6 Å². The molecule has 9 heteroatoms. The van der Waals surface area contributed by atoms with Crippen LogP contribution < -0.4 is 26.0 Å². The van der Waals surface area contributed by atoms with Gasteiger partial charge in [0.2, 0.25) is 5.95 Å². The number of nitrogen functional groups attached to an aromatic ring is 1. The maximum Gasteiger partial charge on any atom is 0.255 e. The molecule has 4 rings (SSSR count). The maximum atomic E-state index is 12.8. The van der Waals surface area contributed by atoms with Crippen molar-refractivity contribution >= 4 is 45.9 Å². The molecule has 0 unspecified atom stereocenters. The van der Waals surface area contributed by atoms with Gasteiger partial charge in [-0.15, -0.1) is 0 Å². The van der Waals surface area contributed by atoms with Crippen LogP contribution in [0.3, 0.4) is 0 Å². The number of halogens is 1. The summed E-state index contributed by atoms with van der Waals surface area (Å²) in [5.74, 6) is 1.72. The number of methoxy groups -OCH3 is 1. The SMILES string of the molecule is COc1cc(N)c(Cl)cc1C(=O)N[C@H]1CC[C@@H](Nc2nc(N(C)C)c3ccccc3n2)CC1. The van der Waals surface area contributed by atoms with Crippen molar-refractivity contribution in [3.05, 3.63) is 47.0 Å². The normalized spacial score (nSPS) is 18.1. The number of para-hydroxylation sites is 1. The third kappa shape index (κ3) is 5.06. The monoisotopic (exact) mass is 468 g/mol. The third-order valence-electron chi connectivity index (χ3n) is 5.97. The second-order valence-electron chi connectivity index (χ2n) is 8.52. The highest BCUT2D eigenvalue weighted by Crippen LogP contribution is 2.30. The number of hydrogen-bond donors (Lipinski definition) is 3. The van der Waals surface area contributed by atoms with Crippen molar-refractivity contribution in [3.63, 3.8) is 0 Å². The maximum absolute atomic E-state index is 12.8. The molecular formula is C24H29ClN6O2. The lowest BCUT2D eigenvalue weighted by Gasteiger charge is -2.30. The number of nitrogens with two attached hydrogens (primary N) is 1. The smallest absolute Gasteiger partial charge is 0.255 e. The number of rotatable bonds is 6. The minimum Gasteiger partial charge on any atom is -0.496 e. The summed E-state index contributed by atoms with van der Waals surface area (Å²) in [7, 11) is 5.47. The average Bonchev–Trinajstić information content (AvgIpc) is 2.81. The number of amides is 1. The van der Waals surface area contributed by atoms with Crippen LogP contribution in [-0.4, -0.2) is 49.2 Å². The first-order valence-electron chi connectivity index (χ1n) is 11.0. The molecule has 1 aromatic heterocycles. The average molecular weight is 469 g/mol. The highest BCUT2D eigenvalue weighted by Gasteiger charge is 2.25. The Bertz CT molecular complexity index is 1160. The molecule has 4 N–H and O–H groups in total. The van der Waals surface area contributed by atoms with E-state index in [0.29, 0.717) is 28.0 Å². The highest BCUT2D eigenvalue weighted by molar-refractivity contribution is 6.33. The molecule has 8 nitrogen and oxygen atoms in total. The van der Waals surface area contributed by atoms with E-state index < -0.39 is 0 Å². The molecule has 2 aromatic carbocycles. The van der Waals surface area contributed by atoms with Gasteiger partial charge in [-0.25, -0.2) is 4.98 Å². The number of nitrogens with zero attached hydrogens (tertiary/aromatic N) is 3. The summed E-state index contributed by atoms with van der Waals surface area (Å²) in [6.45, 7) is 0. The molecule has 1 fully saturated rings. The fourth-order valence-electron chi connectivity index (χ4n) is 4.21. The number of carbonyl (C=O) groups excluding carboxylic acids is 1. The third-order valence-corrected chi connectivity index (χ3v) is 6.29. The number of anilines is 3. The number of benzene rings is 2. The number of carbonyl (C=O) groups is 1. The van der Waals surface area contributed by atoms with E-state index in [1.54, 1.807) is 12.1 Å². The van der Waals surface area contributed by atoms with Crippen LogP contribution in [0.1, 0.15) is 36.0 Å². The second-order valence-corrected chi connectivity index (χ2v) is 8.93. The molecule has 0 spiro atoms. The predicted molar refractivity (Wildman–Crippen MR) is 133 cm³/mol. The standard InChI is InChI=1S/C24H29ClN6O2/c1-31(2)22-16-6-4-5-7-20(16)29-24(30-22)28-15-10-8-14(9-11-15)27-23(32)17-12-18(25)19(26)13-21(17)33-3/h4-7,12-15H,8-11,26H2,1-3H3,(H,27,32)(H,28,29,30)/t14-,15+. The van der Waals surface area contributed by atoms with Gasteiger partial charge in [-0.3, -0.25) is 4.79 Å². The van der Waals surface area contributed by atoms with E-state index >= 15 is 0 Å². The van der Waals surface area contributed by atoms with Gasteiger partial charge in [-0.1, -0.05) is 23.7 Å². The Hall–Kier alpha value is -3.26. The zero-order valence-corrected chi connectivity index (χ0v) is 19.8. The number of nitrogens with one attached hydrogen (secondary N) is 2. The lowest BCUT2D eigenvalue weighted by molar-refractivity contribution is 0.0923. The summed E-state index contributed by atoms with van der Waals surface area (Å²) in [5.41, 5.74) is 7.50. The van der Waals surface area contributed by atoms with Crippen LogP contribution in [0, 0.1) is 0 Å². The summed E-state index contributed by atoms with van der Waals surface area (Å²) >= 11 is 6.11.